The third kappa shape index (κ3) is 4.34. The number of morpholine rings is 1. The first-order valence-corrected chi connectivity index (χ1v) is 10.7. The highest BCUT2D eigenvalue weighted by molar-refractivity contribution is 6.08. The second kappa shape index (κ2) is 9.04. The van der Waals surface area contributed by atoms with Crippen molar-refractivity contribution in [2.75, 3.05) is 43.1 Å². The van der Waals surface area contributed by atoms with Crippen LogP contribution in [0.2, 0.25) is 0 Å². The van der Waals surface area contributed by atoms with Crippen molar-refractivity contribution in [3.05, 3.63) is 52.1 Å². The van der Waals surface area contributed by atoms with Crippen molar-refractivity contribution >= 4 is 29.3 Å². The van der Waals surface area contributed by atoms with Gasteiger partial charge in [-0.25, -0.2) is 0 Å². The molecule has 2 heterocycles. The van der Waals surface area contributed by atoms with Gasteiger partial charge in [0.1, 0.15) is 18.1 Å². The number of carbonyl (C=O) groups excluding carboxylic acids is 2. The Balaban J connectivity index is 1.54. The fourth-order valence-electron chi connectivity index (χ4n) is 4.06. The summed E-state index contributed by atoms with van der Waals surface area (Å²) in [5, 5.41) is 2.95. The van der Waals surface area contributed by atoms with Gasteiger partial charge >= 0.3 is 5.97 Å². The molecule has 2 aromatic rings. The van der Waals surface area contributed by atoms with Gasteiger partial charge < -0.3 is 24.4 Å². The highest BCUT2D eigenvalue weighted by Crippen LogP contribution is 2.41. The molecule has 7 heteroatoms. The Morgan fingerprint density at radius 1 is 1.00 bits per heavy atom. The number of nitrogens with one attached hydrogen (secondary N) is 1. The summed E-state index contributed by atoms with van der Waals surface area (Å²) in [5.41, 5.74) is 5.64. The summed E-state index contributed by atoms with van der Waals surface area (Å²) in [4.78, 5) is 26.7. The molecule has 0 spiro atoms. The Kier molecular flexibility index (Phi) is 6.19. The van der Waals surface area contributed by atoms with E-state index in [2.05, 4.69) is 10.2 Å². The van der Waals surface area contributed by atoms with E-state index in [-0.39, 0.29) is 18.5 Å². The first-order chi connectivity index (χ1) is 15.3. The molecule has 1 saturated heterocycles. The third-order valence-electron chi connectivity index (χ3n) is 5.96. The quantitative estimate of drug-likeness (QED) is 0.581. The van der Waals surface area contributed by atoms with Gasteiger partial charge in [0, 0.05) is 42.5 Å². The molecule has 0 aromatic heterocycles. The van der Waals surface area contributed by atoms with Gasteiger partial charge in [-0.2, -0.15) is 0 Å². The number of esters is 1. The second-order valence-corrected chi connectivity index (χ2v) is 8.10. The molecule has 2 aliphatic rings. The first-order valence-electron chi connectivity index (χ1n) is 10.7. The van der Waals surface area contributed by atoms with E-state index in [1.54, 1.807) is 0 Å². The van der Waals surface area contributed by atoms with E-state index < -0.39 is 0 Å². The number of ether oxygens (including phenoxy) is 3. The van der Waals surface area contributed by atoms with Crippen LogP contribution < -0.4 is 19.7 Å². The molecule has 2 aromatic carbocycles. The lowest BCUT2D eigenvalue weighted by Crippen LogP contribution is -2.36. The molecule has 0 radical (unpaired) electrons. The van der Waals surface area contributed by atoms with Crippen LogP contribution in [0.15, 0.2) is 29.8 Å². The summed E-state index contributed by atoms with van der Waals surface area (Å²) in [5.74, 6) is 0.646. The fraction of sp³-hybridized carbons (Fsp3) is 0.360. The van der Waals surface area contributed by atoms with Gasteiger partial charge in [0.2, 0.25) is 0 Å². The van der Waals surface area contributed by atoms with E-state index in [1.165, 1.54) is 6.92 Å². The molecule has 0 saturated carbocycles. The topological polar surface area (TPSA) is 77.1 Å². The molecule has 4 rings (SSSR count). The third-order valence-corrected chi connectivity index (χ3v) is 5.96. The fourth-order valence-corrected chi connectivity index (χ4v) is 4.06. The molecule has 1 N–H and O–H groups in total. The maximum atomic E-state index is 12.9. The van der Waals surface area contributed by atoms with Gasteiger partial charge in [0.05, 0.1) is 18.8 Å². The van der Waals surface area contributed by atoms with Gasteiger partial charge in [-0.15, -0.1) is 0 Å². The van der Waals surface area contributed by atoms with Crippen molar-refractivity contribution in [1.29, 1.82) is 0 Å². The standard InChI is InChI=1S/C25H28N2O5/c1-15-16(2)24-22(17(3)23(15)32-18(4)28)13-19(14-31-24)25(29)26-20-5-7-21(8-6-20)27-9-11-30-12-10-27/h5-8,13H,9-12,14H2,1-4H3,(H,26,29). The summed E-state index contributed by atoms with van der Waals surface area (Å²) in [6.45, 7) is 10.4. The highest BCUT2D eigenvalue weighted by Gasteiger charge is 2.25. The van der Waals surface area contributed by atoms with Crippen LogP contribution in [0.3, 0.4) is 0 Å². The molecule has 0 atom stereocenters. The molecule has 0 bridgehead atoms. The van der Waals surface area contributed by atoms with Gasteiger partial charge in [0.25, 0.3) is 5.91 Å². The Bertz CT molecular complexity index is 1080. The Morgan fingerprint density at radius 3 is 2.34 bits per heavy atom. The summed E-state index contributed by atoms with van der Waals surface area (Å²) < 4.78 is 16.8. The van der Waals surface area contributed by atoms with Crippen LogP contribution in [0.1, 0.15) is 29.2 Å². The van der Waals surface area contributed by atoms with E-state index in [4.69, 9.17) is 14.2 Å². The van der Waals surface area contributed by atoms with Gasteiger partial charge in [-0.05, 0) is 62.2 Å². The van der Waals surface area contributed by atoms with E-state index in [0.717, 1.165) is 65.7 Å². The van der Waals surface area contributed by atoms with Crippen molar-refractivity contribution < 1.29 is 23.8 Å². The predicted molar refractivity (Wildman–Crippen MR) is 124 cm³/mol. The number of hydrogen-bond donors (Lipinski definition) is 1. The number of anilines is 2. The van der Waals surface area contributed by atoms with Crippen LogP contribution in [0, 0.1) is 20.8 Å². The first kappa shape index (κ1) is 21.9. The SMILES string of the molecule is CC(=O)Oc1c(C)c(C)c2c(c1C)C=C(C(=O)Nc1ccc(N3CCOCC3)cc1)CO2. The summed E-state index contributed by atoms with van der Waals surface area (Å²) in [7, 11) is 0. The average Bonchev–Trinajstić information content (AvgIpc) is 2.81. The van der Waals surface area contributed by atoms with Crippen LogP contribution >= 0.6 is 0 Å². The van der Waals surface area contributed by atoms with Crippen LogP contribution in [0.5, 0.6) is 11.5 Å². The van der Waals surface area contributed by atoms with Crippen LogP contribution in [0.4, 0.5) is 11.4 Å². The van der Waals surface area contributed by atoms with E-state index in [9.17, 15) is 9.59 Å². The molecule has 7 nitrogen and oxygen atoms in total. The number of amides is 1. The lowest BCUT2D eigenvalue weighted by molar-refractivity contribution is -0.132. The Labute approximate surface area is 188 Å². The number of nitrogens with zero attached hydrogens (tertiary/aromatic N) is 1. The van der Waals surface area contributed by atoms with E-state index in [1.807, 2.05) is 51.1 Å². The minimum absolute atomic E-state index is 0.178. The summed E-state index contributed by atoms with van der Waals surface area (Å²) in [6, 6.07) is 7.81. The molecule has 0 aliphatic carbocycles. The number of carbonyl (C=O) groups is 2. The Hall–Kier alpha value is -3.32. The maximum absolute atomic E-state index is 12.9. The predicted octanol–water partition coefficient (Wildman–Crippen LogP) is 3.79. The lowest BCUT2D eigenvalue weighted by atomic mass is 9.94. The number of hydrogen-bond acceptors (Lipinski definition) is 6. The van der Waals surface area contributed by atoms with Crippen LogP contribution in [-0.4, -0.2) is 44.8 Å². The van der Waals surface area contributed by atoms with Crippen molar-refractivity contribution in [3.8, 4) is 11.5 Å². The summed E-state index contributed by atoms with van der Waals surface area (Å²) >= 11 is 0. The van der Waals surface area contributed by atoms with E-state index >= 15 is 0 Å². The van der Waals surface area contributed by atoms with Crippen molar-refractivity contribution in [3.63, 3.8) is 0 Å². The molecule has 1 fully saturated rings. The van der Waals surface area contributed by atoms with E-state index in [0.29, 0.717) is 11.3 Å². The molecular formula is C25H28N2O5. The number of rotatable bonds is 4. The summed E-state index contributed by atoms with van der Waals surface area (Å²) in [6.07, 6.45) is 1.82. The highest BCUT2D eigenvalue weighted by atomic mass is 16.5. The minimum Gasteiger partial charge on any atom is -0.488 e. The zero-order chi connectivity index (χ0) is 22.8. The molecule has 0 unspecified atom stereocenters. The second-order valence-electron chi connectivity index (χ2n) is 8.10. The molecule has 1 amide bonds. The van der Waals surface area contributed by atoms with Gasteiger partial charge in [-0.3, -0.25) is 9.59 Å². The number of benzene rings is 2. The number of fused-ring (bicyclic) bond motifs is 1. The molecule has 168 valence electrons. The van der Waals surface area contributed by atoms with Crippen molar-refractivity contribution in [2.24, 2.45) is 0 Å². The average molecular weight is 437 g/mol. The Morgan fingerprint density at radius 2 is 1.69 bits per heavy atom. The lowest BCUT2D eigenvalue weighted by Gasteiger charge is -2.29. The van der Waals surface area contributed by atoms with Crippen molar-refractivity contribution in [2.45, 2.75) is 27.7 Å². The molecular weight excluding hydrogens is 408 g/mol. The van der Waals surface area contributed by atoms with Crippen molar-refractivity contribution in [1.82, 2.24) is 0 Å². The zero-order valence-corrected chi connectivity index (χ0v) is 18.9. The molecule has 32 heavy (non-hydrogen) atoms. The van der Waals surface area contributed by atoms with Gasteiger partial charge in [-0.1, -0.05) is 0 Å². The van der Waals surface area contributed by atoms with Crippen LogP contribution in [-0.2, 0) is 14.3 Å². The smallest absolute Gasteiger partial charge is 0.308 e. The zero-order valence-electron chi connectivity index (χ0n) is 18.9. The molecule has 2 aliphatic heterocycles. The minimum atomic E-state index is -0.380. The van der Waals surface area contributed by atoms with Gasteiger partial charge in [0.15, 0.2) is 0 Å². The van der Waals surface area contributed by atoms with Crippen LogP contribution in [0.25, 0.3) is 6.08 Å². The maximum Gasteiger partial charge on any atom is 0.308 e. The monoisotopic (exact) mass is 436 g/mol. The largest absolute Gasteiger partial charge is 0.488 e. The normalized spacial score (nSPS) is 15.4.